The van der Waals surface area contributed by atoms with Crippen molar-refractivity contribution in [2.24, 2.45) is 5.41 Å². The van der Waals surface area contributed by atoms with E-state index in [0.29, 0.717) is 0 Å². The summed E-state index contributed by atoms with van der Waals surface area (Å²) in [6, 6.07) is 2.15. The van der Waals surface area contributed by atoms with Gasteiger partial charge in [0.1, 0.15) is 5.82 Å². The highest BCUT2D eigenvalue weighted by molar-refractivity contribution is 5.81. The molecule has 2 heterocycles. The van der Waals surface area contributed by atoms with E-state index in [-0.39, 0.29) is 17.4 Å². The van der Waals surface area contributed by atoms with Crippen LogP contribution in [0.1, 0.15) is 33.6 Å². The van der Waals surface area contributed by atoms with Gasteiger partial charge in [0.25, 0.3) is 0 Å². The first kappa shape index (κ1) is 16.5. The summed E-state index contributed by atoms with van der Waals surface area (Å²) >= 11 is 0. The summed E-state index contributed by atoms with van der Waals surface area (Å²) in [5, 5.41) is 3.15. The predicted octanol–water partition coefficient (Wildman–Crippen LogP) is 1.67. The first-order valence-corrected chi connectivity index (χ1v) is 7.83. The SMILES string of the molecule is CN(C)c1ccnc(N2CCC(NC(=O)C(C)(C)C)CC2)n1. The minimum atomic E-state index is -0.333. The van der Waals surface area contributed by atoms with Crippen LogP contribution in [0.5, 0.6) is 0 Å². The Balaban J connectivity index is 1.92. The van der Waals surface area contributed by atoms with Gasteiger partial charge >= 0.3 is 0 Å². The van der Waals surface area contributed by atoms with Crippen LogP contribution in [0.15, 0.2) is 12.3 Å². The third-order valence-electron chi connectivity index (χ3n) is 3.88. The van der Waals surface area contributed by atoms with E-state index < -0.39 is 0 Å². The van der Waals surface area contributed by atoms with Crippen LogP contribution in [0.4, 0.5) is 11.8 Å². The molecular weight excluding hydrogens is 278 g/mol. The van der Waals surface area contributed by atoms with Crippen LogP contribution in [0.25, 0.3) is 0 Å². The number of hydrogen-bond acceptors (Lipinski definition) is 5. The zero-order valence-electron chi connectivity index (χ0n) is 14.3. The molecule has 1 aromatic heterocycles. The van der Waals surface area contributed by atoms with E-state index in [1.165, 1.54) is 0 Å². The molecular formula is C16H27N5O. The van der Waals surface area contributed by atoms with Crippen molar-refractivity contribution in [2.75, 3.05) is 37.0 Å². The van der Waals surface area contributed by atoms with Crippen molar-refractivity contribution in [3.05, 3.63) is 12.3 Å². The summed E-state index contributed by atoms with van der Waals surface area (Å²) in [5.41, 5.74) is -0.333. The molecule has 22 heavy (non-hydrogen) atoms. The number of piperidine rings is 1. The number of nitrogens with one attached hydrogen (secondary N) is 1. The van der Waals surface area contributed by atoms with E-state index in [2.05, 4.69) is 20.2 Å². The first-order chi connectivity index (χ1) is 10.3. The fourth-order valence-electron chi connectivity index (χ4n) is 2.37. The van der Waals surface area contributed by atoms with Gasteiger partial charge in [0.15, 0.2) is 0 Å². The quantitative estimate of drug-likeness (QED) is 0.920. The van der Waals surface area contributed by atoms with Crippen molar-refractivity contribution in [3.8, 4) is 0 Å². The van der Waals surface area contributed by atoms with Gasteiger partial charge in [-0.3, -0.25) is 4.79 Å². The molecule has 1 amide bonds. The van der Waals surface area contributed by atoms with Crippen molar-refractivity contribution in [2.45, 2.75) is 39.7 Å². The molecule has 1 saturated heterocycles. The number of anilines is 2. The summed E-state index contributed by atoms with van der Waals surface area (Å²) in [6.45, 7) is 7.56. The highest BCUT2D eigenvalue weighted by Crippen LogP contribution is 2.20. The van der Waals surface area contributed by atoms with Crippen molar-refractivity contribution in [3.63, 3.8) is 0 Å². The Labute approximate surface area is 132 Å². The molecule has 6 heteroatoms. The minimum absolute atomic E-state index is 0.122. The maximum atomic E-state index is 12.0. The van der Waals surface area contributed by atoms with Crippen LogP contribution in [0, 0.1) is 5.41 Å². The van der Waals surface area contributed by atoms with Gasteiger partial charge in [0.05, 0.1) is 0 Å². The van der Waals surface area contributed by atoms with E-state index in [0.717, 1.165) is 37.7 Å². The first-order valence-electron chi connectivity index (χ1n) is 7.83. The van der Waals surface area contributed by atoms with E-state index >= 15 is 0 Å². The summed E-state index contributed by atoms with van der Waals surface area (Å²) in [4.78, 5) is 25.2. The molecule has 1 N–H and O–H groups in total. The molecule has 1 aliphatic rings. The summed E-state index contributed by atoms with van der Waals surface area (Å²) in [6.07, 6.45) is 3.65. The molecule has 6 nitrogen and oxygen atoms in total. The monoisotopic (exact) mass is 305 g/mol. The molecule has 1 fully saturated rings. The van der Waals surface area contributed by atoms with Crippen LogP contribution >= 0.6 is 0 Å². The maximum Gasteiger partial charge on any atom is 0.227 e. The zero-order valence-corrected chi connectivity index (χ0v) is 14.3. The highest BCUT2D eigenvalue weighted by Gasteiger charge is 2.27. The zero-order chi connectivity index (χ0) is 16.3. The maximum absolute atomic E-state index is 12.0. The number of hydrogen-bond donors (Lipinski definition) is 1. The molecule has 0 saturated carbocycles. The molecule has 0 radical (unpaired) electrons. The second kappa shape index (κ2) is 6.50. The Hall–Kier alpha value is -1.85. The lowest BCUT2D eigenvalue weighted by Gasteiger charge is -2.34. The van der Waals surface area contributed by atoms with Crippen LogP contribution in [0.2, 0.25) is 0 Å². The Bertz CT molecular complexity index is 516. The van der Waals surface area contributed by atoms with Crippen LogP contribution in [-0.4, -0.2) is 49.1 Å². The molecule has 122 valence electrons. The fourth-order valence-corrected chi connectivity index (χ4v) is 2.37. The molecule has 0 unspecified atom stereocenters. The number of amides is 1. The molecule has 0 spiro atoms. The van der Waals surface area contributed by atoms with Crippen LogP contribution in [0.3, 0.4) is 0 Å². The third kappa shape index (κ3) is 4.08. The van der Waals surface area contributed by atoms with Gasteiger partial charge in [-0.2, -0.15) is 4.98 Å². The Kier molecular flexibility index (Phi) is 4.88. The van der Waals surface area contributed by atoms with Crippen LogP contribution in [-0.2, 0) is 4.79 Å². The molecule has 1 aromatic rings. The van der Waals surface area contributed by atoms with Gasteiger partial charge < -0.3 is 15.1 Å². The van der Waals surface area contributed by atoms with Gasteiger partial charge in [-0.25, -0.2) is 4.98 Å². The Morgan fingerprint density at radius 1 is 1.32 bits per heavy atom. The van der Waals surface area contributed by atoms with E-state index in [4.69, 9.17) is 0 Å². The third-order valence-corrected chi connectivity index (χ3v) is 3.88. The number of rotatable bonds is 3. The summed E-state index contributed by atoms with van der Waals surface area (Å²) in [7, 11) is 3.95. The van der Waals surface area contributed by atoms with Gasteiger partial charge in [0.2, 0.25) is 11.9 Å². The van der Waals surface area contributed by atoms with Crippen LogP contribution < -0.4 is 15.1 Å². The molecule has 1 aliphatic heterocycles. The summed E-state index contributed by atoms with van der Waals surface area (Å²) < 4.78 is 0. The fraction of sp³-hybridized carbons (Fsp3) is 0.688. The van der Waals surface area contributed by atoms with E-state index in [9.17, 15) is 4.79 Å². The molecule has 2 rings (SSSR count). The topological polar surface area (TPSA) is 61.4 Å². The van der Waals surface area contributed by atoms with Gasteiger partial charge in [-0.1, -0.05) is 20.8 Å². The second-order valence-corrected chi connectivity index (χ2v) is 7.09. The number of aromatic nitrogens is 2. The normalized spacial score (nSPS) is 16.5. The molecule has 0 atom stereocenters. The standard InChI is InChI=1S/C16H27N5O/c1-16(2,3)14(22)18-12-7-10-21(11-8-12)15-17-9-6-13(19-15)20(4)5/h6,9,12H,7-8,10-11H2,1-5H3,(H,18,22). The lowest BCUT2D eigenvalue weighted by Crippen LogP contribution is -2.48. The van der Waals surface area contributed by atoms with E-state index in [1.807, 2.05) is 45.8 Å². The number of nitrogens with zero attached hydrogens (tertiary/aromatic N) is 4. The van der Waals surface area contributed by atoms with Gasteiger partial charge in [0, 0.05) is 44.8 Å². The highest BCUT2D eigenvalue weighted by atomic mass is 16.2. The van der Waals surface area contributed by atoms with Gasteiger partial charge in [-0.15, -0.1) is 0 Å². The Morgan fingerprint density at radius 3 is 2.50 bits per heavy atom. The lowest BCUT2D eigenvalue weighted by atomic mass is 9.94. The molecule has 0 aliphatic carbocycles. The lowest BCUT2D eigenvalue weighted by molar-refractivity contribution is -0.129. The minimum Gasteiger partial charge on any atom is -0.363 e. The number of carbonyl (C=O) groups excluding carboxylic acids is 1. The average molecular weight is 305 g/mol. The molecule has 0 aromatic carbocycles. The van der Waals surface area contributed by atoms with E-state index in [1.54, 1.807) is 6.20 Å². The average Bonchev–Trinajstić information content (AvgIpc) is 2.47. The van der Waals surface area contributed by atoms with Crippen molar-refractivity contribution < 1.29 is 4.79 Å². The number of carbonyl (C=O) groups is 1. The smallest absolute Gasteiger partial charge is 0.227 e. The predicted molar refractivity (Wildman–Crippen MR) is 89.2 cm³/mol. The van der Waals surface area contributed by atoms with Crippen molar-refractivity contribution in [1.82, 2.24) is 15.3 Å². The molecule has 0 bridgehead atoms. The van der Waals surface area contributed by atoms with Crippen molar-refractivity contribution >= 4 is 17.7 Å². The second-order valence-electron chi connectivity index (χ2n) is 7.09. The summed E-state index contributed by atoms with van der Waals surface area (Å²) in [5.74, 6) is 1.80. The largest absolute Gasteiger partial charge is 0.363 e. The Morgan fingerprint density at radius 2 is 1.95 bits per heavy atom. The van der Waals surface area contributed by atoms with Gasteiger partial charge in [-0.05, 0) is 18.9 Å². The van der Waals surface area contributed by atoms with Crippen molar-refractivity contribution in [1.29, 1.82) is 0 Å².